The lowest BCUT2D eigenvalue weighted by atomic mass is 10.1. The molecule has 0 spiro atoms. The molecule has 0 heterocycles. The van der Waals surface area contributed by atoms with Crippen LogP contribution in [0.4, 0.5) is 0 Å². The summed E-state index contributed by atoms with van der Waals surface area (Å²) in [7, 11) is 0. The predicted octanol–water partition coefficient (Wildman–Crippen LogP) is 5.04. The maximum Gasteiger partial charge on any atom is 0.0234 e. The molecule has 0 amide bonds. The van der Waals surface area contributed by atoms with Gasteiger partial charge in [-0.3, -0.25) is 4.72 Å². The second-order valence-corrected chi connectivity index (χ2v) is 4.58. The highest BCUT2D eigenvalue weighted by atomic mass is 32.2. The lowest BCUT2D eigenvalue weighted by molar-refractivity contribution is 1.03. The Labute approximate surface area is 110 Å². The van der Waals surface area contributed by atoms with Gasteiger partial charge in [0, 0.05) is 12.9 Å². The monoisotopic (exact) mass is 249 g/mol. The number of nitrogens with one attached hydrogen (secondary N) is 1. The summed E-state index contributed by atoms with van der Waals surface area (Å²) < 4.78 is 3.26. The number of hydrogen-bond acceptors (Lipinski definition) is 2. The second-order valence-electron chi connectivity index (χ2n) is 3.61. The van der Waals surface area contributed by atoms with Crippen LogP contribution in [0.1, 0.15) is 27.8 Å². The Bertz CT molecular complexity index is 471. The minimum Gasteiger partial charge on any atom is -0.260 e. The quantitative estimate of drug-likeness (QED) is 0.765. The zero-order chi connectivity index (χ0) is 12.7. The Morgan fingerprint density at radius 2 is 1.71 bits per heavy atom. The normalized spacial score (nSPS) is 9.88. The Morgan fingerprint density at radius 3 is 2.41 bits per heavy atom. The van der Waals surface area contributed by atoms with Gasteiger partial charge < -0.3 is 0 Å². The van der Waals surface area contributed by atoms with Crippen molar-refractivity contribution in [3.8, 4) is 0 Å². The van der Waals surface area contributed by atoms with Crippen LogP contribution < -0.4 is 4.72 Å². The van der Waals surface area contributed by atoms with Gasteiger partial charge in [-0.15, -0.1) is 0 Å². The van der Waals surface area contributed by atoms with Crippen molar-refractivity contribution in [2.24, 2.45) is 0 Å². The zero-order valence-electron chi connectivity index (χ0n) is 11.1. The molecular weight excluding hydrogens is 226 g/mol. The van der Waals surface area contributed by atoms with E-state index < -0.39 is 0 Å². The van der Waals surface area contributed by atoms with Crippen LogP contribution in [-0.2, 0) is 0 Å². The van der Waals surface area contributed by atoms with E-state index in [2.05, 4.69) is 55.0 Å². The molecule has 0 aromatic heterocycles. The highest BCUT2D eigenvalue weighted by Gasteiger charge is 1.97. The first-order chi connectivity index (χ1) is 8.29. The van der Waals surface area contributed by atoms with Crippen LogP contribution in [0.25, 0.3) is 10.8 Å². The van der Waals surface area contributed by atoms with E-state index in [-0.39, 0.29) is 1.43 Å². The van der Waals surface area contributed by atoms with Crippen molar-refractivity contribution < 1.29 is 1.43 Å². The van der Waals surface area contributed by atoms with E-state index in [9.17, 15) is 0 Å². The molecule has 0 atom stereocenters. The molecule has 0 unspecified atom stereocenters. The molecule has 2 rings (SSSR count). The summed E-state index contributed by atoms with van der Waals surface area (Å²) in [4.78, 5) is 1.27. The van der Waals surface area contributed by atoms with Gasteiger partial charge in [0.2, 0.25) is 0 Å². The first-order valence-electron chi connectivity index (χ1n) is 6.19. The Hall–Kier alpha value is -0.990. The number of rotatable bonds is 3. The molecule has 0 aliphatic rings. The molecule has 0 bridgehead atoms. The van der Waals surface area contributed by atoms with Crippen molar-refractivity contribution in [2.45, 2.75) is 32.6 Å². The van der Waals surface area contributed by atoms with Crippen LogP contribution in [0.5, 0.6) is 0 Å². The molecule has 2 aromatic carbocycles. The van der Waals surface area contributed by atoms with E-state index in [1.54, 1.807) is 11.9 Å². The van der Waals surface area contributed by atoms with Gasteiger partial charge in [0.25, 0.3) is 0 Å². The molecule has 0 saturated carbocycles. The molecule has 0 saturated heterocycles. The summed E-state index contributed by atoms with van der Waals surface area (Å²) in [6.07, 6.45) is 0. The van der Waals surface area contributed by atoms with Crippen LogP contribution in [-0.4, -0.2) is 6.54 Å². The maximum atomic E-state index is 3.26. The van der Waals surface area contributed by atoms with Gasteiger partial charge in [-0.2, -0.15) is 0 Å². The summed E-state index contributed by atoms with van der Waals surface area (Å²) in [5.74, 6) is 0. The smallest absolute Gasteiger partial charge is 0.0234 e. The summed E-state index contributed by atoms with van der Waals surface area (Å²) in [6, 6.07) is 13.1. The largest absolute Gasteiger partial charge is 0.260 e. The van der Waals surface area contributed by atoms with Gasteiger partial charge in [0.15, 0.2) is 0 Å². The molecule has 0 fully saturated rings. The number of hydrogen-bond donors (Lipinski definition) is 1. The van der Waals surface area contributed by atoms with Gasteiger partial charge in [0.1, 0.15) is 0 Å². The van der Waals surface area contributed by atoms with E-state index in [1.807, 2.05) is 13.8 Å². The summed E-state index contributed by atoms with van der Waals surface area (Å²) in [5.41, 5.74) is 1.31. The topological polar surface area (TPSA) is 12.0 Å². The number of fused-ring (bicyclic) bond motifs is 1. The van der Waals surface area contributed by atoms with Crippen LogP contribution in [0.2, 0.25) is 0 Å². The summed E-state index contributed by atoms with van der Waals surface area (Å²) in [5, 5.41) is 2.62. The summed E-state index contributed by atoms with van der Waals surface area (Å²) >= 11 is 1.69. The fourth-order valence-electron chi connectivity index (χ4n) is 1.56. The SMILES string of the molecule is CC.CCNSc1ccc2cc(C)ccc2c1.[HH]. The van der Waals surface area contributed by atoms with Crippen molar-refractivity contribution in [1.29, 1.82) is 0 Å². The molecular formula is C15H23NS. The van der Waals surface area contributed by atoms with Crippen molar-refractivity contribution in [1.82, 2.24) is 4.72 Å². The Balaban J connectivity index is 0.000000917. The van der Waals surface area contributed by atoms with Gasteiger partial charge >= 0.3 is 0 Å². The second kappa shape index (κ2) is 7.36. The number of benzene rings is 2. The highest BCUT2D eigenvalue weighted by Crippen LogP contribution is 2.22. The van der Waals surface area contributed by atoms with Crippen LogP contribution in [0.3, 0.4) is 0 Å². The molecule has 1 N–H and O–H groups in total. The van der Waals surface area contributed by atoms with Gasteiger partial charge in [-0.05, 0) is 41.8 Å². The van der Waals surface area contributed by atoms with Crippen molar-refractivity contribution >= 4 is 22.7 Å². The van der Waals surface area contributed by atoms with E-state index in [4.69, 9.17) is 0 Å². The van der Waals surface area contributed by atoms with Gasteiger partial charge in [-0.25, -0.2) is 0 Å². The lowest BCUT2D eigenvalue weighted by Gasteiger charge is -2.04. The van der Waals surface area contributed by atoms with Gasteiger partial charge in [0.05, 0.1) is 0 Å². The van der Waals surface area contributed by atoms with Crippen molar-refractivity contribution in [2.75, 3.05) is 6.54 Å². The molecule has 94 valence electrons. The third kappa shape index (κ3) is 4.06. The fraction of sp³-hybridized carbons (Fsp3) is 0.333. The fourth-order valence-corrected chi connectivity index (χ4v) is 2.20. The molecule has 2 heteroatoms. The number of aryl methyl sites for hydroxylation is 1. The Kier molecular flexibility index (Phi) is 6.09. The molecule has 2 aromatic rings. The van der Waals surface area contributed by atoms with Crippen LogP contribution in [0.15, 0.2) is 41.3 Å². The summed E-state index contributed by atoms with van der Waals surface area (Å²) in [6.45, 7) is 9.22. The minimum absolute atomic E-state index is 0. The standard InChI is InChI=1S/C13H15NS.C2H6.H2/c1-3-14-15-13-7-6-11-8-10(2)4-5-12(11)9-13;1-2;/h4-9,14H,3H2,1-2H3;1-2H3;1H. The lowest BCUT2D eigenvalue weighted by Crippen LogP contribution is -1.99. The Morgan fingerprint density at radius 1 is 1.06 bits per heavy atom. The zero-order valence-corrected chi connectivity index (χ0v) is 11.9. The third-order valence-electron chi connectivity index (χ3n) is 2.30. The van der Waals surface area contributed by atoms with Gasteiger partial charge in [-0.1, -0.05) is 50.6 Å². The van der Waals surface area contributed by atoms with Crippen LogP contribution >= 0.6 is 11.9 Å². The maximum absolute atomic E-state index is 3.26. The predicted molar refractivity (Wildman–Crippen MR) is 81.7 cm³/mol. The third-order valence-corrected chi connectivity index (χ3v) is 3.22. The molecule has 0 aliphatic heterocycles. The molecule has 0 aliphatic carbocycles. The van der Waals surface area contributed by atoms with Crippen molar-refractivity contribution in [3.05, 3.63) is 42.0 Å². The first-order valence-corrected chi connectivity index (χ1v) is 7.01. The van der Waals surface area contributed by atoms with Crippen molar-refractivity contribution in [3.63, 3.8) is 0 Å². The van der Waals surface area contributed by atoms with E-state index >= 15 is 0 Å². The average Bonchev–Trinajstić information content (AvgIpc) is 2.38. The van der Waals surface area contributed by atoms with Crippen LogP contribution in [0, 0.1) is 6.92 Å². The minimum atomic E-state index is 0. The highest BCUT2D eigenvalue weighted by molar-refractivity contribution is 7.97. The van der Waals surface area contributed by atoms with E-state index in [0.717, 1.165) is 6.54 Å². The molecule has 0 radical (unpaired) electrons. The van der Waals surface area contributed by atoms with E-state index in [1.165, 1.54) is 21.2 Å². The average molecular weight is 249 g/mol. The molecule has 1 nitrogen and oxygen atoms in total. The molecule has 17 heavy (non-hydrogen) atoms. The van der Waals surface area contributed by atoms with E-state index in [0.29, 0.717) is 0 Å². The first kappa shape index (κ1) is 14.1.